The molecule has 94 valence electrons. The smallest absolute Gasteiger partial charge is 0.310 e. The van der Waals surface area contributed by atoms with Gasteiger partial charge in [0.25, 0.3) is 0 Å². The van der Waals surface area contributed by atoms with Crippen LogP contribution in [0.1, 0.15) is 42.9 Å². The molecule has 0 bridgehead atoms. The molecular formula is C14H20O2S. The fraction of sp³-hybridized carbons (Fsp3) is 0.643. The third-order valence-electron chi connectivity index (χ3n) is 3.89. The van der Waals surface area contributed by atoms with Gasteiger partial charge in [-0.15, -0.1) is 11.3 Å². The monoisotopic (exact) mass is 252 g/mol. The Hall–Kier alpha value is -0.830. The zero-order valence-corrected chi connectivity index (χ0v) is 11.3. The van der Waals surface area contributed by atoms with E-state index in [0.717, 1.165) is 32.1 Å². The van der Waals surface area contributed by atoms with E-state index >= 15 is 0 Å². The second-order valence-electron chi connectivity index (χ2n) is 5.33. The quantitative estimate of drug-likeness (QED) is 0.886. The van der Waals surface area contributed by atoms with Crippen LogP contribution in [0.4, 0.5) is 0 Å². The van der Waals surface area contributed by atoms with Gasteiger partial charge in [0.15, 0.2) is 0 Å². The Bertz CT molecular complexity index is 410. The van der Waals surface area contributed by atoms with Crippen LogP contribution in [0.15, 0.2) is 12.1 Å². The third kappa shape index (κ3) is 2.54. The average Bonchev–Trinajstić information content (AvgIpc) is 2.87. The number of thiophene rings is 1. The van der Waals surface area contributed by atoms with Crippen molar-refractivity contribution in [3.8, 4) is 0 Å². The molecule has 1 aliphatic carbocycles. The highest BCUT2D eigenvalue weighted by atomic mass is 32.1. The van der Waals surface area contributed by atoms with E-state index in [1.54, 1.807) is 11.3 Å². The molecule has 2 atom stereocenters. The van der Waals surface area contributed by atoms with E-state index in [0.29, 0.717) is 5.92 Å². The maximum absolute atomic E-state index is 11.6. The molecule has 1 aromatic rings. The van der Waals surface area contributed by atoms with Crippen molar-refractivity contribution in [3.63, 3.8) is 0 Å². The lowest BCUT2D eigenvalue weighted by atomic mass is 9.81. The Morgan fingerprint density at radius 3 is 2.71 bits per heavy atom. The minimum Gasteiger partial charge on any atom is -0.481 e. The minimum absolute atomic E-state index is 0.491. The van der Waals surface area contributed by atoms with Crippen molar-refractivity contribution in [1.29, 1.82) is 0 Å². The fourth-order valence-corrected chi connectivity index (χ4v) is 3.97. The molecule has 1 heterocycles. The topological polar surface area (TPSA) is 37.3 Å². The van der Waals surface area contributed by atoms with Crippen LogP contribution in [-0.4, -0.2) is 11.1 Å². The largest absolute Gasteiger partial charge is 0.481 e. The van der Waals surface area contributed by atoms with Crippen molar-refractivity contribution < 1.29 is 9.90 Å². The summed E-state index contributed by atoms with van der Waals surface area (Å²) in [5.41, 5.74) is -0.491. The molecule has 0 amide bonds. The van der Waals surface area contributed by atoms with Crippen molar-refractivity contribution in [2.24, 2.45) is 11.3 Å². The van der Waals surface area contributed by atoms with E-state index in [1.165, 1.54) is 9.75 Å². The summed E-state index contributed by atoms with van der Waals surface area (Å²) in [7, 11) is 0. The van der Waals surface area contributed by atoms with Crippen LogP contribution in [0.5, 0.6) is 0 Å². The minimum atomic E-state index is -0.603. The SMILES string of the molecule is CCc1ccc(CC2(C(=O)O)CCC(C)C2)s1. The maximum Gasteiger partial charge on any atom is 0.310 e. The molecule has 1 aromatic heterocycles. The summed E-state index contributed by atoms with van der Waals surface area (Å²) >= 11 is 1.77. The molecule has 0 saturated heterocycles. The Morgan fingerprint density at radius 2 is 2.24 bits per heavy atom. The number of rotatable bonds is 4. The zero-order chi connectivity index (χ0) is 12.5. The van der Waals surface area contributed by atoms with E-state index in [1.807, 2.05) is 0 Å². The number of aryl methyl sites for hydroxylation is 1. The predicted molar refractivity (Wildman–Crippen MR) is 70.5 cm³/mol. The highest BCUT2D eigenvalue weighted by molar-refractivity contribution is 7.12. The first-order valence-electron chi connectivity index (χ1n) is 6.37. The second-order valence-corrected chi connectivity index (χ2v) is 6.58. The molecule has 0 radical (unpaired) electrons. The molecule has 2 rings (SSSR count). The van der Waals surface area contributed by atoms with Crippen molar-refractivity contribution in [2.75, 3.05) is 0 Å². The Kier molecular flexibility index (Phi) is 3.57. The first-order valence-corrected chi connectivity index (χ1v) is 7.18. The fourth-order valence-electron chi connectivity index (χ4n) is 2.87. The van der Waals surface area contributed by atoms with Crippen molar-refractivity contribution in [1.82, 2.24) is 0 Å². The first-order chi connectivity index (χ1) is 8.05. The summed E-state index contributed by atoms with van der Waals surface area (Å²) in [5.74, 6) is -0.0509. The third-order valence-corrected chi connectivity index (χ3v) is 5.12. The van der Waals surface area contributed by atoms with Gasteiger partial charge in [0.1, 0.15) is 0 Å². The highest BCUT2D eigenvalue weighted by Crippen LogP contribution is 2.45. The van der Waals surface area contributed by atoms with Gasteiger partial charge in [-0.2, -0.15) is 0 Å². The Labute approximate surface area is 107 Å². The molecule has 0 spiro atoms. The number of hydrogen-bond donors (Lipinski definition) is 1. The van der Waals surface area contributed by atoms with Crippen LogP contribution < -0.4 is 0 Å². The summed E-state index contributed by atoms with van der Waals surface area (Å²) in [6.07, 6.45) is 4.49. The Balaban J connectivity index is 2.16. The summed E-state index contributed by atoms with van der Waals surface area (Å²) in [6.45, 7) is 4.30. The first kappa shape index (κ1) is 12.6. The summed E-state index contributed by atoms with van der Waals surface area (Å²) in [4.78, 5) is 14.1. The average molecular weight is 252 g/mol. The lowest BCUT2D eigenvalue weighted by Crippen LogP contribution is -2.30. The van der Waals surface area contributed by atoms with E-state index in [2.05, 4.69) is 26.0 Å². The normalized spacial score (nSPS) is 28.5. The van der Waals surface area contributed by atoms with Crippen LogP contribution >= 0.6 is 11.3 Å². The Morgan fingerprint density at radius 1 is 1.53 bits per heavy atom. The van der Waals surface area contributed by atoms with Gasteiger partial charge in [-0.1, -0.05) is 13.8 Å². The molecule has 1 saturated carbocycles. The number of aliphatic carboxylic acids is 1. The van der Waals surface area contributed by atoms with Crippen LogP contribution in [-0.2, 0) is 17.6 Å². The second kappa shape index (κ2) is 4.81. The molecule has 2 unspecified atom stereocenters. The van der Waals surface area contributed by atoms with Crippen LogP contribution in [0.25, 0.3) is 0 Å². The molecule has 1 fully saturated rings. The zero-order valence-electron chi connectivity index (χ0n) is 10.5. The van der Waals surface area contributed by atoms with Gasteiger partial charge in [-0.3, -0.25) is 4.79 Å². The number of carbonyl (C=O) groups is 1. The van der Waals surface area contributed by atoms with Gasteiger partial charge in [-0.25, -0.2) is 0 Å². The van der Waals surface area contributed by atoms with Gasteiger partial charge in [0, 0.05) is 9.75 Å². The maximum atomic E-state index is 11.6. The van der Waals surface area contributed by atoms with Gasteiger partial charge in [0.2, 0.25) is 0 Å². The molecule has 0 aliphatic heterocycles. The van der Waals surface area contributed by atoms with Crippen LogP contribution in [0.2, 0.25) is 0 Å². The summed E-state index contributed by atoms with van der Waals surface area (Å²) in [5, 5.41) is 9.51. The molecule has 17 heavy (non-hydrogen) atoms. The number of carboxylic acid groups (broad SMARTS) is 1. The van der Waals surface area contributed by atoms with E-state index < -0.39 is 11.4 Å². The van der Waals surface area contributed by atoms with E-state index in [-0.39, 0.29) is 0 Å². The molecule has 3 heteroatoms. The number of carboxylic acids is 1. The van der Waals surface area contributed by atoms with Gasteiger partial charge >= 0.3 is 5.97 Å². The molecule has 1 aliphatic rings. The van der Waals surface area contributed by atoms with Crippen molar-refractivity contribution >= 4 is 17.3 Å². The molecule has 2 nitrogen and oxygen atoms in total. The van der Waals surface area contributed by atoms with E-state index in [4.69, 9.17) is 0 Å². The summed E-state index contributed by atoms with van der Waals surface area (Å²) in [6, 6.07) is 4.24. The van der Waals surface area contributed by atoms with Gasteiger partial charge in [0.05, 0.1) is 5.41 Å². The molecule has 1 N–H and O–H groups in total. The van der Waals surface area contributed by atoms with E-state index in [9.17, 15) is 9.90 Å². The van der Waals surface area contributed by atoms with Crippen molar-refractivity contribution in [2.45, 2.75) is 46.0 Å². The van der Waals surface area contributed by atoms with Crippen LogP contribution in [0, 0.1) is 11.3 Å². The molecule has 0 aromatic carbocycles. The van der Waals surface area contributed by atoms with Gasteiger partial charge < -0.3 is 5.11 Å². The lowest BCUT2D eigenvalue weighted by molar-refractivity contribution is -0.148. The standard InChI is InChI=1S/C14H20O2S/c1-3-11-4-5-12(17-11)9-14(13(15)16)7-6-10(2)8-14/h4-5,10H,3,6-9H2,1-2H3,(H,15,16). The predicted octanol–water partition coefficient (Wildman–Crippen LogP) is 3.74. The lowest BCUT2D eigenvalue weighted by Gasteiger charge is -2.23. The van der Waals surface area contributed by atoms with Crippen LogP contribution in [0.3, 0.4) is 0 Å². The number of hydrogen-bond acceptors (Lipinski definition) is 2. The summed E-state index contributed by atoms with van der Waals surface area (Å²) < 4.78 is 0. The van der Waals surface area contributed by atoms with Gasteiger partial charge in [-0.05, 0) is 50.2 Å². The van der Waals surface area contributed by atoms with Crippen molar-refractivity contribution in [3.05, 3.63) is 21.9 Å². The highest BCUT2D eigenvalue weighted by Gasteiger charge is 2.44. The molecular weight excluding hydrogens is 232 g/mol.